The van der Waals surface area contributed by atoms with Gasteiger partial charge in [-0.15, -0.1) is 0 Å². The third-order valence-corrected chi connectivity index (χ3v) is 7.09. The zero-order chi connectivity index (χ0) is 26.7. The van der Waals surface area contributed by atoms with Crippen molar-refractivity contribution in [2.75, 3.05) is 19.8 Å². The number of aryl methyl sites for hydroxylation is 1. The Kier molecular flexibility index (Phi) is 9.40. The Morgan fingerprint density at radius 3 is 2.33 bits per heavy atom. The normalized spacial score (nSPS) is 11.3. The largest absolute Gasteiger partial charge is 0.494 e. The van der Waals surface area contributed by atoms with E-state index in [1.54, 1.807) is 0 Å². The topological polar surface area (TPSA) is 61.4 Å². The predicted molar refractivity (Wildman–Crippen MR) is 159 cm³/mol. The van der Waals surface area contributed by atoms with E-state index < -0.39 is 0 Å². The molecular weight excluding hydrogens is 482 g/mol. The molecule has 2 N–H and O–H groups in total. The van der Waals surface area contributed by atoms with E-state index in [9.17, 15) is 5.11 Å². The van der Waals surface area contributed by atoms with Gasteiger partial charge in [0, 0.05) is 25.2 Å². The minimum absolute atomic E-state index is 0.110. The Bertz CT molecular complexity index is 1430. The highest BCUT2D eigenvalue weighted by atomic mass is 16.5. The van der Waals surface area contributed by atoms with Gasteiger partial charge in [-0.25, -0.2) is 0 Å². The third-order valence-electron chi connectivity index (χ3n) is 7.09. The maximum Gasteiger partial charge on any atom is 0.119 e. The van der Waals surface area contributed by atoms with Crippen LogP contribution in [0, 0.1) is 0 Å². The Labute approximate surface area is 231 Å². The molecule has 39 heavy (non-hydrogen) atoms. The van der Waals surface area contributed by atoms with Crippen LogP contribution in [0.25, 0.3) is 22.0 Å². The van der Waals surface area contributed by atoms with Crippen molar-refractivity contribution in [2.24, 2.45) is 0 Å². The minimum atomic E-state index is 0.110. The van der Waals surface area contributed by atoms with E-state index >= 15 is 0 Å². The molecule has 0 aliphatic rings. The molecule has 4 aromatic carbocycles. The molecule has 0 aliphatic carbocycles. The Hall–Kier alpha value is -3.93. The van der Waals surface area contributed by atoms with Gasteiger partial charge < -0.3 is 9.84 Å². The molecule has 0 radical (unpaired) electrons. The van der Waals surface area contributed by atoms with Crippen molar-refractivity contribution < 1.29 is 9.84 Å². The van der Waals surface area contributed by atoms with Gasteiger partial charge in [-0.05, 0) is 71.3 Å². The summed E-state index contributed by atoms with van der Waals surface area (Å²) in [7, 11) is 0. The number of fused-ring (bicyclic) bond motifs is 1. The van der Waals surface area contributed by atoms with Gasteiger partial charge in [0.05, 0.1) is 25.1 Å². The number of aliphatic hydroxyl groups is 1. The molecule has 0 unspecified atom stereocenters. The van der Waals surface area contributed by atoms with Crippen molar-refractivity contribution in [1.29, 1.82) is 0 Å². The summed E-state index contributed by atoms with van der Waals surface area (Å²) in [6.07, 6.45) is 6.44. The molecule has 0 bridgehead atoms. The van der Waals surface area contributed by atoms with Gasteiger partial charge in [0.25, 0.3) is 0 Å². The molecule has 0 amide bonds. The van der Waals surface area contributed by atoms with Crippen LogP contribution in [-0.4, -0.2) is 40.0 Å². The lowest BCUT2D eigenvalue weighted by Crippen LogP contribution is -2.26. The summed E-state index contributed by atoms with van der Waals surface area (Å²) < 4.78 is 6.05. The number of aliphatic hydroxyl groups excluding tert-OH is 1. The van der Waals surface area contributed by atoms with Crippen molar-refractivity contribution >= 4 is 10.8 Å². The van der Waals surface area contributed by atoms with Gasteiger partial charge in [-0.3, -0.25) is 10.00 Å². The summed E-state index contributed by atoms with van der Waals surface area (Å²) in [6.45, 7) is 2.90. The zero-order valence-electron chi connectivity index (χ0n) is 22.4. The van der Waals surface area contributed by atoms with Crippen LogP contribution in [0.5, 0.6) is 5.75 Å². The number of benzene rings is 4. The fraction of sp³-hybridized carbons (Fsp3) is 0.265. The molecule has 1 heterocycles. The number of nitrogens with one attached hydrogen (secondary N) is 1. The van der Waals surface area contributed by atoms with Gasteiger partial charge in [0.1, 0.15) is 5.75 Å². The van der Waals surface area contributed by atoms with E-state index in [0.29, 0.717) is 13.1 Å². The second-order valence-corrected chi connectivity index (χ2v) is 10.1. The molecule has 0 saturated carbocycles. The van der Waals surface area contributed by atoms with E-state index in [1.165, 1.54) is 34.7 Å². The smallest absolute Gasteiger partial charge is 0.119 e. The lowest BCUT2D eigenvalue weighted by atomic mass is 10.1. The first kappa shape index (κ1) is 26.7. The summed E-state index contributed by atoms with van der Waals surface area (Å²) in [5, 5.41) is 19.5. The van der Waals surface area contributed by atoms with E-state index in [-0.39, 0.29) is 6.61 Å². The summed E-state index contributed by atoms with van der Waals surface area (Å²) in [6, 6.07) is 33.8. The van der Waals surface area contributed by atoms with Crippen LogP contribution in [0.2, 0.25) is 0 Å². The quantitative estimate of drug-likeness (QED) is 0.155. The first-order chi connectivity index (χ1) is 19.3. The number of ether oxygens (including phenoxy) is 1. The second-order valence-electron chi connectivity index (χ2n) is 10.1. The molecule has 5 aromatic rings. The van der Waals surface area contributed by atoms with Crippen molar-refractivity contribution in [2.45, 2.75) is 38.8 Å². The molecule has 1 aromatic heterocycles. The number of nitrogens with zero attached hydrogens (tertiary/aromatic N) is 2. The number of hydrogen-bond acceptors (Lipinski definition) is 4. The number of unbranched alkanes of at least 4 members (excludes halogenated alkanes) is 2. The first-order valence-corrected chi connectivity index (χ1v) is 13.9. The number of aromatic nitrogens is 2. The van der Waals surface area contributed by atoms with Crippen LogP contribution >= 0.6 is 0 Å². The Morgan fingerprint density at radius 2 is 1.51 bits per heavy atom. The maximum atomic E-state index is 9.72. The van der Waals surface area contributed by atoms with Gasteiger partial charge in [0.2, 0.25) is 0 Å². The maximum absolute atomic E-state index is 9.72. The number of rotatable bonds is 14. The van der Waals surface area contributed by atoms with Crippen molar-refractivity contribution in [3.05, 3.63) is 120 Å². The first-order valence-electron chi connectivity index (χ1n) is 13.9. The van der Waals surface area contributed by atoms with Gasteiger partial charge >= 0.3 is 0 Å². The van der Waals surface area contributed by atoms with Crippen molar-refractivity contribution in [3.63, 3.8) is 0 Å². The summed E-state index contributed by atoms with van der Waals surface area (Å²) >= 11 is 0. The summed E-state index contributed by atoms with van der Waals surface area (Å²) in [4.78, 5) is 2.26. The lowest BCUT2D eigenvalue weighted by Gasteiger charge is -2.22. The number of hydrogen-bond donors (Lipinski definition) is 2. The van der Waals surface area contributed by atoms with Gasteiger partial charge in [-0.2, -0.15) is 5.10 Å². The van der Waals surface area contributed by atoms with Gasteiger partial charge in [-0.1, -0.05) is 78.9 Å². The molecule has 0 spiro atoms. The van der Waals surface area contributed by atoms with Crippen molar-refractivity contribution in [3.8, 4) is 17.0 Å². The molecule has 200 valence electrons. The molecule has 0 fully saturated rings. The highest BCUT2D eigenvalue weighted by Gasteiger charge is 2.13. The molecule has 5 rings (SSSR count). The molecule has 5 heteroatoms. The van der Waals surface area contributed by atoms with E-state index in [4.69, 9.17) is 4.74 Å². The van der Waals surface area contributed by atoms with Gasteiger partial charge in [0.15, 0.2) is 0 Å². The van der Waals surface area contributed by atoms with Crippen LogP contribution in [0.3, 0.4) is 0 Å². The third kappa shape index (κ3) is 7.56. The molecular formula is C34H37N3O2. The molecule has 0 aliphatic heterocycles. The Morgan fingerprint density at radius 1 is 0.744 bits per heavy atom. The Balaban J connectivity index is 1.15. The van der Waals surface area contributed by atoms with Crippen LogP contribution in [0.1, 0.15) is 36.0 Å². The molecule has 5 nitrogen and oxygen atoms in total. The highest BCUT2D eigenvalue weighted by molar-refractivity contribution is 5.84. The van der Waals surface area contributed by atoms with Crippen molar-refractivity contribution in [1.82, 2.24) is 15.1 Å². The van der Waals surface area contributed by atoms with Crippen LogP contribution < -0.4 is 4.74 Å². The molecule has 0 saturated heterocycles. The summed E-state index contributed by atoms with van der Waals surface area (Å²) in [5.74, 6) is 0.925. The lowest BCUT2D eigenvalue weighted by molar-refractivity contribution is 0.184. The van der Waals surface area contributed by atoms with Crippen LogP contribution in [-0.2, 0) is 19.5 Å². The second kappa shape index (κ2) is 13.7. The van der Waals surface area contributed by atoms with E-state index in [0.717, 1.165) is 48.6 Å². The average molecular weight is 520 g/mol. The van der Waals surface area contributed by atoms with E-state index in [1.807, 2.05) is 24.4 Å². The fourth-order valence-corrected chi connectivity index (χ4v) is 5.04. The molecule has 0 atom stereocenters. The number of H-pyrrole nitrogens is 1. The van der Waals surface area contributed by atoms with E-state index in [2.05, 4.69) is 94.0 Å². The fourth-order valence-electron chi connectivity index (χ4n) is 5.04. The van der Waals surface area contributed by atoms with Crippen LogP contribution in [0.15, 0.2) is 103 Å². The number of aromatic amines is 1. The monoisotopic (exact) mass is 519 g/mol. The van der Waals surface area contributed by atoms with Crippen LogP contribution in [0.4, 0.5) is 0 Å². The standard InChI is InChI=1S/C34H37N3O2/c38-20-19-37(26-32-24-35-36-34(32)29-13-7-2-8-14-29)25-28-15-16-31-23-33(18-17-30(31)22-28)39-21-9-3-6-12-27-10-4-1-5-11-27/h1-2,4-5,7-8,10-11,13-18,22-24,38H,3,6,9,12,19-21,25-26H2,(H,35,36). The average Bonchev–Trinajstić information content (AvgIpc) is 3.44. The predicted octanol–water partition coefficient (Wildman–Crippen LogP) is 7.02. The summed E-state index contributed by atoms with van der Waals surface area (Å²) in [5.41, 5.74) is 5.89. The SMILES string of the molecule is OCCN(Cc1ccc2cc(OCCCCCc3ccccc3)ccc2c1)Cc1cn[nH]c1-c1ccccc1. The minimum Gasteiger partial charge on any atom is -0.494 e. The zero-order valence-corrected chi connectivity index (χ0v) is 22.4. The highest BCUT2D eigenvalue weighted by Crippen LogP contribution is 2.25.